The first kappa shape index (κ1) is 12.6. The van der Waals surface area contributed by atoms with E-state index in [1.54, 1.807) is 12.1 Å². The van der Waals surface area contributed by atoms with Crippen molar-refractivity contribution in [3.63, 3.8) is 0 Å². The molecule has 0 aliphatic heterocycles. The summed E-state index contributed by atoms with van der Waals surface area (Å²) in [6.07, 6.45) is 5.23. The van der Waals surface area contributed by atoms with Gasteiger partial charge in [-0.1, -0.05) is 31.9 Å². The van der Waals surface area contributed by atoms with Gasteiger partial charge in [0.05, 0.1) is 0 Å². The molecule has 1 nitrogen and oxygen atoms in total. The zero-order valence-corrected chi connectivity index (χ0v) is 10.7. The Morgan fingerprint density at radius 3 is 2.65 bits per heavy atom. The second-order valence-electron chi connectivity index (χ2n) is 5.15. The number of benzene rings is 1. The lowest BCUT2D eigenvalue weighted by Gasteiger charge is -2.24. The van der Waals surface area contributed by atoms with Crippen LogP contribution in [-0.2, 0) is 0 Å². The molecule has 1 saturated carbocycles. The molecule has 2 heteroatoms. The first-order valence-corrected chi connectivity index (χ1v) is 6.72. The van der Waals surface area contributed by atoms with Crippen LogP contribution in [0, 0.1) is 11.7 Å². The molecule has 1 aliphatic carbocycles. The quantitative estimate of drug-likeness (QED) is 0.830. The lowest BCUT2D eigenvalue weighted by Crippen LogP contribution is -2.34. The largest absolute Gasteiger partial charge is 0.307 e. The lowest BCUT2D eigenvalue weighted by atomic mass is 9.98. The van der Waals surface area contributed by atoms with Gasteiger partial charge >= 0.3 is 0 Å². The number of rotatable bonds is 4. The van der Waals surface area contributed by atoms with E-state index in [1.807, 2.05) is 12.1 Å². The summed E-state index contributed by atoms with van der Waals surface area (Å²) in [5.41, 5.74) is 1.17. The van der Waals surface area contributed by atoms with Crippen molar-refractivity contribution < 1.29 is 4.39 Å². The van der Waals surface area contributed by atoms with Crippen LogP contribution >= 0.6 is 0 Å². The van der Waals surface area contributed by atoms with E-state index in [1.165, 1.54) is 31.2 Å². The molecule has 1 N–H and O–H groups in total. The average Bonchev–Trinajstić information content (AvgIpc) is 2.77. The van der Waals surface area contributed by atoms with Gasteiger partial charge in [-0.05, 0) is 43.4 Å². The van der Waals surface area contributed by atoms with Crippen LogP contribution in [0.1, 0.15) is 51.1 Å². The summed E-state index contributed by atoms with van der Waals surface area (Å²) in [6.45, 7) is 4.44. The molecule has 17 heavy (non-hydrogen) atoms. The van der Waals surface area contributed by atoms with Gasteiger partial charge in [-0.15, -0.1) is 0 Å². The standard InChI is InChI=1S/C15H22FN/c1-3-12-5-4-6-15(12)17-11(2)13-7-9-14(16)10-8-13/h7-12,15,17H,3-6H2,1-2H3/t11-,12?,15?/m1/s1. The number of hydrogen-bond acceptors (Lipinski definition) is 1. The molecule has 1 aromatic rings. The van der Waals surface area contributed by atoms with Crippen LogP contribution in [0.3, 0.4) is 0 Å². The minimum atomic E-state index is -0.159. The number of hydrogen-bond donors (Lipinski definition) is 1. The smallest absolute Gasteiger partial charge is 0.123 e. The van der Waals surface area contributed by atoms with E-state index in [2.05, 4.69) is 19.2 Å². The lowest BCUT2D eigenvalue weighted by molar-refractivity contribution is 0.360. The molecule has 1 aliphatic rings. The second-order valence-corrected chi connectivity index (χ2v) is 5.15. The van der Waals surface area contributed by atoms with Gasteiger partial charge in [0.2, 0.25) is 0 Å². The first-order chi connectivity index (χ1) is 8.20. The van der Waals surface area contributed by atoms with Crippen LogP contribution in [0.25, 0.3) is 0 Å². The van der Waals surface area contributed by atoms with Crippen LogP contribution in [0.2, 0.25) is 0 Å². The van der Waals surface area contributed by atoms with Crippen LogP contribution in [0.5, 0.6) is 0 Å². The molecule has 1 fully saturated rings. The molecule has 2 unspecified atom stereocenters. The van der Waals surface area contributed by atoms with E-state index in [0.717, 1.165) is 5.92 Å². The zero-order chi connectivity index (χ0) is 12.3. The van der Waals surface area contributed by atoms with Crippen molar-refractivity contribution in [3.05, 3.63) is 35.6 Å². The van der Waals surface area contributed by atoms with Gasteiger partial charge in [0.1, 0.15) is 5.82 Å². The van der Waals surface area contributed by atoms with Crippen LogP contribution < -0.4 is 5.32 Å². The van der Waals surface area contributed by atoms with Crippen LogP contribution in [0.4, 0.5) is 4.39 Å². The van der Waals surface area contributed by atoms with Crippen molar-refractivity contribution in [2.45, 2.75) is 51.6 Å². The highest BCUT2D eigenvalue weighted by atomic mass is 19.1. The Hall–Kier alpha value is -0.890. The summed E-state index contributed by atoms with van der Waals surface area (Å²) < 4.78 is 12.9. The van der Waals surface area contributed by atoms with Gasteiger partial charge < -0.3 is 5.32 Å². The molecule has 2 rings (SSSR count). The van der Waals surface area contributed by atoms with E-state index in [4.69, 9.17) is 0 Å². The third-order valence-electron chi connectivity index (χ3n) is 4.02. The Kier molecular flexibility index (Phi) is 4.16. The fourth-order valence-electron chi connectivity index (χ4n) is 2.91. The fraction of sp³-hybridized carbons (Fsp3) is 0.600. The molecular formula is C15H22FN. The molecule has 1 aromatic carbocycles. The maximum Gasteiger partial charge on any atom is 0.123 e. The molecule has 94 valence electrons. The SMILES string of the molecule is CCC1CCCC1N[C@H](C)c1ccc(F)cc1. The highest BCUT2D eigenvalue weighted by Gasteiger charge is 2.26. The molecule has 0 bridgehead atoms. The van der Waals surface area contributed by atoms with E-state index in [9.17, 15) is 4.39 Å². The van der Waals surface area contributed by atoms with E-state index >= 15 is 0 Å². The Morgan fingerprint density at radius 1 is 1.29 bits per heavy atom. The molecule has 0 saturated heterocycles. The molecule has 0 radical (unpaired) electrons. The normalized spacial score (nSPS) is 26.1. The van der Waals surface area contributed by atoms with Gasteiger partial charge in [-0.2, -0.15) is 0 Å². The number of nitrogens with one attached hydrogen (secondary N) is 1. The molecule has 0 spiro atoms. The summed E-state index contributed by atoms with van der Waals surface area (Å²) in [7, 11) is 0. The maximum atomic E-state index is 12.9. The highest BCUT2D eigenvalue weighted by molar-refractivity contribution is 5.19. The first-order valence-electron chi connectivity index (χ1n) is 6.72. The summed E-state index contributed by atoms with van der Waals surface area (Å²) in [6, 6.07) is 7.79. The van der Waals surface area contributed by atoms with Gasteiger partial charge in [-0.3, -0.25) is 0 Å². The zero-order valence-electron chi connectivity index (χ0n) is 10.7. The van der Waals surface area contributed by atoms with E-state index < -0.39 is 0 Å². The third-order valence-corrected chi connectivity index (χ3v) is 4.02. The monoisotopic (exact) mass is 235 g/mol. The molecule has 0 heterocycles. The third kappa shape index (κ3) is 3.06. The minimum Gasteiger partial charge on any atom is -0.307 e. The van der Waals surface area contributed by atoms with Crippen molar-refractivity contribution in [3.8, 4) is 0 Å². The topological polar surface area (TPSA) is 12.0 Å². The molecular weight excluding hydrogens is 213 g/mol. The predicted octanol–water partition coefficient (Wildman–Crippen LogP) is 4.06. The fourth-order valence-corrected chi connectivity index (χ4v) is 2.91. The van der Waals surface area contributed by atoms with Gasteiger partial charge in [0.15, 0.2) is 0 Å². The Morgan fingerprint density at radius 2 is 2.00 bits per heavy atom. The van der Waals surface area contributed by atoms with Crippen molar-refractivity contribution >= 4 is 0 Å². The average molecular weight is 235 g/mol. The van der Waals surface area contributed by atoms with E-state index in [-0.39, 0.29) is 5.82 Å². The summed E-state index contributed by atoms with van der Waals surface area (Å²) in [4.78, 5) is 0. The molecule has 0 amide bonds. The Bertz CT molecular complexity index is 346. The van der Waals surface area contributed by atoms with Crippen molar-refractivity contribution in [2.24, 2.45) is 5.92 Å². The minimum absolute atomic E-state index is 0.159. The molecule has 3 atom stereocenters. The van der Waals surface area contributed by atoms with Gasteiger partial charge in [0.25, 0.3) is 0 Å². The van der Waals surface area contributed by atoms with Gasteiger partial charge in [-0.25, -0.2) is 4.39 Å². The van der Waals surface area contributed by atoms with Crippen LogP contribution in [-0.4, -0.2) is 6.04 Å². The predicted molar refractivity (Wildman–Crippen MR) is 69.4 cm³/mol. The number of halogens is 1. The Labute approximate surface area is 103 Å². The van der Waals surface area contributed by atoms with Crippen molar-refractivity contribution in [1.29, 1.82) is 0 Å². The van der Waals surface area contributed by atoms with Crippen molar-refractivity contribution in [2.75, 3.05) is 0 Å². The second kappa shape index (κ2) is 5.63. The summed E-state index contributed by atoms with van der Waals surface area (Å²) in [5.74, 6) is 0.658. The molecule has 0 aromatic heterocycles. The highest BCUT2D eigenvalue weighted by Crippen LogP contribution is 2.30. The van der Waals surface area contributed by atoms with Crippen molar-refractivity contribution in [1.82, 2.24) is 5.32 Å². The van der Waals surface area contributed by atoms with E-state index in [0.29, 0.717) is 12.1 Å². The maximum absolute atomic E-state index is 12.9. The van der Waals surface area contributed by atoms with Gasteiger partial charge in [0, 0.05) is 12.1 Å². The summed E-state index contributed by atoms with van der Waals surface area (Å²) in [5, 5.41) is 3.69. The summed E-state index contributed by atoms with van der Waals surface area (Å²) >= 11 is 0. The Balaban J connectivity index is 1.96. The van der Waals surface area contributed by atoms with Crippen LogP contribution in [0.15, 0.2) is 24.3 Å².